The normalized spacial score (nSPS) is 24.3. The molecule has 0 aliphatic carbocycles. The van der Waals surface area contributed by atoms with Crippen molar-refractivity contribution >= 4 is 30.6 Å². The number of nitrogens with one attached hydrogen (secondary N) is 1. The maximum Gasteiger partial charge on any atom is 0.156 e. The summed E-state index contributed by atoms with van der Waals surface area (Å²) in [6, 6.07) is 3.86. The van der Waals surface area contributed by atoms with Gasteiger partial charge in [-0.05, 0) is 38.8 Å². The van der Waals surface area contributed by atoms with Crippen LogP contribution >= 0.6 is 20.7 Å². The van der Waals surface area contributed by atoms with Crippen molar-refractivity contribution in [3.8, 4) is 0 Å². The monoisotopic (exact) mass is 385 g/mol. The molecule has 0 aromatic carbocycles. The summed E-state index contributed by atoms with van der Waals surface area (Å²) >= 11 is -0.0185. The number of halogens is 1. The molecule has 2 atom stereocenters. The van der Waals surface area contributed by atoms with E-state index in [1.54, 1.807) is 7.11 Å². The molecule has 1 aromatic rings. The molecule has 0 bridgehead atoms. The van der Waals surface area contributed by atoms with Gasteiger partial charge >= 0.3 is 0 Å². The van der Waals surface area contributed by atoms with Gasteiger partial charge in [0.2, 0.25) is 0 Å². The Hall–Kier alpha value is -1.28. The molecule has 1 fully saturated rings. The van der Waals surface area contributed by atoms with Crippen LogP contribution in [0.2, 0.25) is 0 Å². The predicted molar refractivity (Wildman–Crippen MR) is 86.9 cm³/mol. The average Bonchev–Trinajstić information content (AvgIpc) is 3.19. The number of rotatable bonds is 5. The second kappa shape index (κ2) is 6.01. The molecule has 2 aliphatic heterocycles. The molecule has 6 heteroatoms. The third kappa shape index (κ3) is 3.43. The van der Waals surface area contributed by atoms with Crippen LogP contribution in [0.15, 0.2) is 33.6 Å². The molecule has 3 heterocycles. The van der Waals surface area contributed by atoms with Crippen LogP contribution < -0.4 is 5.32 Å². The number of anilines is 1. The van der Waals surface area contributed by atoms with E-state index in [9.17, 15) is 0 Å². The first-order chi connectivity index (χ1) is 9.74. The van der Waals surface area contributed by atoms with E-state index in [2.05, 4.69) is 25.6 Å². The number of epoxide rings is 1. The summed E-state index contributed by atoms with van der Waals surface area (Å²) in [5, 5.41) is 11.3. The first-order valence-electron chi connectivity index (χ1n) is 6.38. The third-order valence-electron chi connectivity index (χ3n) is 3.03. The molecule has 0 amide bonds. The van der Waals surface area contributed by atoms with Gasteiger partial charge in [-0.15, -0.1) is 5.10 Å². The van der Waals surface area contributed by atoms with Crippen LogP contribution in [0.1, 0.15) is 12.1 Å². The zero-order valence-corrected chi connectivity index (χ0v) is 13.5. The van der Waals surface area contributed by atoms with Crippen LogP contribution in [-0.2, 0) is 9.47 Å². The molecule has 1 N–H and O–H groups in total. The Morgan fingerprint density at radius 1 is 1.40 bits per heavy atom. The number of allylic oxidation sites excluding steroid dienone is 2. The fourth-order valence-electron chi connectivity index (χ4n) is 1.88. The minimum absolute atomic E-state index is 0.0185. The summed E-state index contributed by atoms with van der Waals surface area (Å²) in [4.78, 5) is 0. The number of hydrogen-bond acceptors (Lipinski definition) is 5. The molecule has 106 valence electrons. The fourth-order valence-corrected chi connectivity index (χ4v) is 4.05. The van der Waals surface area contributed by atoms with Gasteiger partial charge in [0.15, 0.2) is 12.0 Å². The highest BCUT2D eigenvalue weighted by atomic mass is 127. The summed E-state index contributed by atoms with van der Waals surface area (Å²) in [5.74, 6) is 1.69. The van der Waals surface area contributed by atoms with Gasteiger partial charge in [-0.2, -0.15) is 5.10 Å². The lowest BCUT2D eigenvalue weighted by Gasteiger charge is -2.06. The van der Waals surface area contributed by atoms with E-state index in [4.69, 9.17) is 9.47 Å². The molecule has 3 rings (SSSR count). The number of nitrogens with zero attached hydrogens (tertiary/aromatic N) is 2. The zero-order chi connectivity index (χ0) is 13.9. The number of aromatic nitrogens is 2. The lowest BCUT2D eigenvalue weighted by molar-refractivity contribution is 0.307. The fraction of sp³-hybridized carbons (Fsp3) is 0.357. The first-order valence-corrected chi connectivity index (χ1v) is 8.71. The molecule has 2 unspecified atom stereocenters. The van der Waals surface area contributed by atoms with Gasteiger partial charge in [0.1, 0.15) is 11.9 Å². The predicted octanol–water partition coefficient (Wildman–Crippen LogP) is 2.51. The number of ether oxygens (including phenoxy) is 2. The average molecular weight is 385 g/mol. The maximum absolute atomic E-state index is 5.65. The molecule has 0 spiro atoms. The van der Waals surface area contributed by atoms with Gasteiger partial charge in [0.25, 0.3) is 0 Å². The van der Waals surface area contributed by atoms with E-state index in [0.29, 0.717) is 0 Å². The minimum atomic E-state index is -0.0185. The second-order valence-corrected chi connectivity index (χ2v) is 7.33. The van der Waals surface area contributed by atoms with Crippen LogP contribution in [0.5, 0.6) is 0 Å². The SMILES string of the molecule is COC1=CC=IC(CC2OC2Nc2ccc(C)nn2)=C1. The van der Waals surface area contributed by atoms with Crippen molar-refractivity contribution < 1.29 is 9.47 Å². The van der Waals surface area contributed by atoms with Crippen LogP contribution in [-0.4, -0.2) is 33.7 Å². The van der Waals surface area contributed by atoms with Gasteiger partial charge in [0, 0.05) is 6.42 Å². The lowest BCUT2D eigenvalue weighted by Crippen LogP contribution is -2.09. The van der Waals surface area contributed by atoms with Gasteiger partial charge < -0.3 is 14.8 Å². The van der Waals surface area contributed by atoms with Crippen LogP contribution in [0, 0.1) is 6.92 Å². The Balaban J connectivity index is 1.53. The van der Waals surface area contributed by atoms with Crippen LogP contribution in [0.25, 0.3) is 0 Å². The Kier molecular flexibility index (Phi) is 4.11. The van der Waals surface area contributed by atoms with Crippen molar-refractivity contribution in [1.29, 1.82) is 0 Å². The topological polar surface area (TPSA) is 59.6 Å². The molecule has 1 saturated heterocycles. The van der Waals surface area contributed by atoms with E-state index in [1.165, 1.54) is 3.58 Å². The molecule has 0 saturated carbocycles. The van der Waals surface area contributed by atoms with Crippen molar-refractivity contribution in [2.24, 2.45) is 0 Å². The maximum atomic E-state index is 5.65. The smallest absolute Gasteiger partial charge is 0.156 e. The third-order valence-corrected chi connectivity index (χ3v) is 5.30. The van der Waals surface area contributed by atoms with E-state index in [1.807, 2.05) is 25.1 Å². The molecule has 20 heavy (non-hydrogen) atoms. The standard InChI is InChI=1S/C14H16IN3O2/c1-9-3-4-13(18-17-9)16-14-12(20-14)8-10-7-11(19-2)5-6-15-10/h3-7,12,14H,8H2,1-2H3,(H,16,18). The molecule has 5 nitrogen and oxygen atoms in total. The summed E-state index contributed by atoms with van der Waals surface area (Å²) in [6.07, 6.45) is 5.42. The Morgan fingerprint density at radius 2 is 2.30 bits per heavy atom. The van der Waals surface area contributed by atoms with Gasteiger partial charge in [0.05, 0.1) is 12.8 Å². The summed E-state index contributed by atoms with van der Waals surface area (Å²) in [7, 11) is 1.70. The van der Waals surface area contributed by atoms with Crippen LogP contribution in [0.4, 0.5) is 5.82 Å². The van der Waals surface area contributed by atoms with Gasteiger partial charge in [-0.25, -0.2) is 0 Å². The summed E-state index contributed by atoms with van der Waals surface area (Å²) in [6.45, 7) is 1.92. The Labute approximate surface area is 127 Å². The largest absolute Gasteiger partial charge is 0.497 e. The summed E-state index contributed by atoms with van der Waals surface area (Å²) in [5.41, 5.74) is 0.912. The molecule has 2 aliphatic rings. The molecule has 0 radical (unpaired) electrons. The summed E-state index contributed by atoms with van der Waals surface area (Å²) < 4.78 is 14.6. The number of methoxy groups -OCH3 is 1. The van der Waals surface area contributed by atoms with Gasteiger partial charge in [-0.3, -0.25) is 0 Å². The number of hydrogen-bond donors (Lipinski definition) is 1. The molecular formula is C14H16IN3O2. The van der Waals surface area contributed by atoms with Crippen molar-refractivity contribution in [3.05, 3.63) is 39.3 Å². The van der Waals surface area contributed by atoms with E-state index < -0.39 is 0 Å². The molecule has 1 aromatic heterocycles. The Bertz CT molecular complexity index is 581. The van der Waals surface area contributed by atoms with Crippen molar-refractivity contribution in [2.45, 2.75) is 25.7 Å². The quantitative estimate of drug-likeness (QED) is 0.624. The molecular weight excluding hydrogens is 369 g/mol. The highest BCUT2D eigenvalue weighted by Gasteiger charge is 2.39. The van der Waals surface area contributed by atoms with E-state index in [0.717, 1.165) is 23.7 Å². The number of aryl methyl sites for hydroxylation is 1. The van der Waals surface area contributed by atoms with E-state index in [-0.39, 0.29) is 33.1 Å². The lowest BCUT2D eigenvalue weighted by atomic mass is 10.2. The zero-order valence-electron chi connectivity index (χ0n) is 11.3. The first kappa shape index (κ1) is 13.7. The van der Waals surface area contributed by atoms with Crippen molar-refractivity contribution in [2.75, 3.05) is 12.4 Å². The van der Waals surface area contributed by atoms with Crippen molar-refractivity contribution in [1.82, 2.24) is 10.2 Å². The minimum Gasteiger partial charge on any atom is -0.497 e. The van der Waals surface area contributed by atoms with Crippen LogP contribution in [0.3, 0.4) is 0 Å². The highest BCUT2D eigenvalue weighted by Crippen LogP contribution is 2.34. The van der Waals surface area contributed by atoms with Gasteiger partial charge in [-0.1, -0.05) is 20.7 Å². The second-order valence-electron chi connectivity index (χ2n) is 4.60. The van der Waals surface area contributed by atoms with E-state index >= 15 is 0 Å². The van der Waals surface area contributed by atoms with Crippen molar-refractivity contribution in [3.63, 3.8) is 0 Å². The Morgan fingerprint density at radius 3 is 3.05 bits per heavy atom. The highest BCUT2D eigenvalue weighted by molar-refractivity contribution is 14.2.